The summed E-state index contributed by atoms with van der Waals surface area (Å²) < 4.78 is 11.7. The van der Waals surface area contributed by atoms with E-state index in [-0.39, 0.29) is 17.1 Å². The molecular weight excluding hydrogens is 400 g/mol. The van der Waals surface area contributed by atoms with Gasteiger partial charge in [-0.2, -0.15) is 0 Å². The van der Waals surface area contributed by atoms with Crippen LogP contribution in [0, 0.1) is 5.41 Å². The summed E-state index contributed by atoms with van der Waals surface area (Å²) in [4.78, 5) is 15.8. The van der Waals surface area contributed by atoms with Gasteiger partial charge in [0.05, 0.1) is 0 Å². The number of nitrogens with one attached hydrogen (secondary N) is 1. The lowest BCUT2D eigenvalue weighted by molar-refractivity contribution is -0.118. The summed E-state index contributed by atoms with van der Waals surface area (Å²) in [6, 6.07) is 12.8. The quantitative estimate of drug-likeness (QED) is 0.691. The molecule has 0 unspecified atom stereocenters. The molecule has 0 spiro atoms. The van der Waals surface area contributed by atoms with Crippen molar-refractivity contribution in [3.8, 4) is 11.5 Å². The molecule has 1 atom stereocenters. The van der Waals surface area contributed by atoms with Gasteiger partial charge in [-0.25, -0.2) is 0 Å². The van der Waals surface area contributed by atoms with Crippen molar-refractivity contribution >= 4 is 17.2 Å². The molecular formula is C27H32N2O3. The average molecular weight is 433 g/mol. The van der Waals surface area contributed by atoms with E-state index >= 15 is 0 Å². The second-order valence-corrected chi connectivity index (χ2v) is 9.74. The van der Waals surface area contributed by atoms with Crippen LogP contribution in [-0.2, 0) is 4.79 Å². The van der Waals surface area contributed by atoms with Crippen LogP contribution in [0.3, 0.4) is 0 Å². The van der Waals surface area contributed by atoms with Crippen LogP contribution in [-0.4, -0.2) is 32.1 Å². The van der Waals surface area contributed by atoms with E-state index in [1.54, 1.807) is 0 Å². The van der Waals surface area contributed by atoms with Gasteiger partial charge in [0, 0.05) is 54.1 Å². The number of Topliss-reactive ketones (excluding diaryl/α,β-unsaturated/α-hetero) is 1. The number of carbonyl (C=O) groups excluding carboxylic acids is 1. The summed E-state index contributed by atoms with van der Waals surface area (Å²) >= 11 is 0. The molecule has 2 aromatic rings. The Kier molecular flexibility index (Phi) is 5.15. The zero-order valence-corrected chi connectivity index (χ0v) is 19.5. The Bertz CT molecular complexity index is 1080. The van der Waals surface area contributed by atoms with Crippen molar-refractivity contribution in [1.29, 1.82) is 0 Å². The normalized spacial score (nSPS) is 20.9. The van der Waals surface area contributed by atoms with Crippen LogP contribution in [0.5, 0.6) is 11.5 Å². The Morgan fingerprint density at radius 3 is 2.31 bits per heavy atom. The highest BCUT2D eigenvalue weighted by Crippen LogP contribution is 2.51. The second kappa shape index (κ2) is 7.88. The number of hydrogen-bond donors (Lipinski definition) is 1. The first-order valence-corrected chi connectivity index (χ1v) is 11.7. The molecule has 0 saturated carbocycles. The molecule has 168 valence electrons. The number of fused-ring (bicyclic) bond motifs is 2. The van der Waals surface area contributed by atoms with Crippen molar-refractivity contribution in [2.45, 2.75) is 46.5 Å². The predicted molar refractivity (Wildman–Crippen MR) is 128 cm³/mol. The summed E-state index contributed by atoms with van der Waals surface area (Å²) in [5.74, 6) is 1.66. The lowest BCUT2D eigenvalue weighted by Crippen LogP contribution is -2.34. The molecule has 0 bridgehead atoms. The highest BCUT2D eigenvalue weighted by Gasteiger charge is 2.41. The Balaban J connectivity index is 1.64. The number of carbonyl (C=O) groups is 1. The van der Waals surface area contributed by atoms with Crippen molar-refractivity contribution in [3.05, 3.63) is 58.8 Å². The molecule has 1 aliphatic carbocycles. The minimum atomic E-state index is -0.105. The number of benzene rings is 2. The topological polar surface area (TPSA) is 50.8 Å². The summed E-state index contributed by atoms with van der Waals surface area (Å²) in [5.41, 5.74) is 6.34. The van der Waals surface area contributed by atoms with Crippen molar-refractivity contribution in [2.75, 3.05) is 36.5 Å². The SMILES string of the molecule is CCN(CC)c1ccc([C@@H]2C3=C(CC(C)(C)CC3=O)Nc3cc4c(cc32)OCCO4)cc1. The number of ether oxygens (including phenoxy) is 2. The van der Waals surface area contributed by atoms with E-state index in [1.807, 2.05) is 6.07 Å². The monoisotopic (exact) mass is 432 g/mol. The van der Waals surface area contributed by atoms with E-state index in [9.17, 15) is 4.79 Å². The molecule has 2 aromatic carbocycles. The first-order valence-electron chi connectivity index (χ1n) is 11.7. The zero-order valence-electron chi connectivity index (χ0n) is 19.5. The third-order valence-electron chi connectivity index (χ3n) is 6.87. The standard InChI is InChI=1S/C27H32N2O3/c1-5-29(6-2)18-9-7-17(8-10-18)25-19-13-23-24(32-12-11-31-23)14-20(19)28-21-15-27(3,4)16-22(30)26(21)25/h7-10,13-14,25,28H,5-6,11-12,15-16H2,1-4H3/t25-/m0/s1. The lowest BCUT2D eigenvalue weighted by atomic mass is 9.68. The largest absolute Gasteiger partial charge is 0.486 e. The van der Waals surface area contributed by atoms with E-state index in [2.05, 4.69) is 68.2 Å². The van der Waals surface area contributed by atoms with Gasteiger partial charge in [0.1, 0.15) is 13.2 Å². The molecule has 3 aliphatic rings. The molecule has 32 heavy (non-hydrogen) atoms. The van der Waals surface area contributed by atoms with Crippen molar-refractivity contribution in [3.63, 3.8) is 0 Å². The highest BCUT2D eigenvalue weighted by atomic mass is 16.6. The number of hydrogen-bond acceptors (Lipinski definition) is 5. The van der Waals surface area contributed by atoms with Gasteiger partial charge in [-0.05, 0) is 55.0 Å². The van der Waals surface area contributed by atoms with Gasteiger partial charge in [-0.15, -0.1) is 0 Å². The lowest BCUT2D eigenvalue weighted by Gasteiger charge is -2.40. The second-order valence-electron chi connectivity index (χ2n) is 9.74. The van der Waals surface area contributed by atoms with Crippen LogP contribution in [0.4, 0.5) is 11.4 Å². The summed E-state index contributed by atoms with van der Waals surface area (Å²) in [6.07, 6.45) is 1.43. The zero-order chi connectivity index (χ0) is 22.5. The van der Waals surface area contributed by atoms with Crippen LogP contribution < -0.4 is 19.7 Å². The number of rotatable bonds is 4. The van der Waals surface area contributed by atoms with Crippen LogP contribution in [0.15, 0.2) is 47.7 Å². The summed E-state index contributed by atoms with van der Waals surface area (Å²) in [5, 5.41) is 3.60. The molecule has 1 N–H and O–H groups in total. The molecule has 0 radical (unpaired) electrons. The van der Waals surface area contributed by atoms with E-state index < -0.39 is 0 Å². The Labute approximate surface area is 190 Å². The fraction of sp³-hybridized carbons (Fsp3) is 0.444. The van der Waals surface area contributed by atoms with Crippen molar-refractivity contribution in [2.24, 2.45) is 5.41 Å². The van der Waals surface area contributed by atoms with Gasteiger partial charge < -0.3 is 19.7 Å². The third kappa shape index (κ3) is 3.54. The molecule has 0 aromatic heterocycles. The van der Waals surface area contributed by atoms with E-state index in [1.165, 1.54) is 5.69 Å². The van der Waals surface area contributed by atoms with Gasteiger partial charge in [0.25, 0.3) is 0 Å². The van der Waals surface area contributed by atoms with Gasteiger partial charge in [0.2, 0.25) is 0 Å². The van der Waals surface area contributed by atoms with E-state index in [0.717, 1.165) is 59.1 Å². The first-order chi connectivity index (χ1) is 15.4. The molecule has 0 amide bonds. The van der Waals surface area contributed by atoms with E-state index in [0.29, 0.717) is 19.6 Å². The van der Waals surface area contributed by atoms with Gasteiger partial charge >= 0.3 is 0 Å². The maximum Gasteiger partial charge on any atom is 0.163 e. The predicted octanol–water partition coefficient (Wildman–Crippen LogP) is 5.50. The van der Waals surface area contributed by atoms with Gasteiger partial charge in [-0.1, -0.05) is 26.0 Å². The minimum Gasteiger partial charge on any atom is -0.486 e. The van der Waals surface area contributed by atoms with Gasteiger partial charge in [0.15, 0.2) is 17.3 Å². The molecule has 2 heterocycles. The Hall–Kier alpha value is -2.95. The number of nitrogens with zero attached hydrogens (tertiary/aromatic N) is 1. The molecule has 0 fully saturated rings. The Morgan fingerprint density at radius 1 is 1.00 bits per heavy atom. The fourth-order valence-electron chi connectivity index (χ4n) is 5.36. The van der Waals surface area contributed by atoms with Crippen molar-refractivity contribution in [1.82, 2.24) is 0 Å². The fourth-order valence-corrected chi connectivity index (χ4v) is 5.36. The molecule has 2 aliphatic heterocycles. The van der Waals surface area contributed by atoms with Crippen LogP contribution >= 0.6 is 0 Å². The molecule has 5 heteroatoms. The number of allylic oxidation sites excluding steroid dienone is 2. The number of ketones is 1. The average Bonchev–Trinajstić information content (AvgIpc) is 2.77. The smallest absolute Gasteiger partial charge is 0.163 e. The number of anilines is 2. The first kappa shape index (κ1) is 20.9. The third-order valence-corrected chi connectivity index (χ3v) is 6.87. The summed E-state index contributed by atoms with van der Waals surface area (Å²) in [6.45, 7) is 11.7. The molecule has 5 rings (SSSR count). The van der Waals surface area contributed by atoms with Crippen LogP contribution in [0.2, 0.25) is 0 Å². The molecule has 5 nitrogen and oxygen atoms in total. The highest BCUT2D eigenvalue weighted by molar-refractivity contribution is 6.01. The van der Waals surface area contributed by atoms with Crippen molar-refractivity contribution < 1.29 is 14.3 Å². The summed E-state index contributed by atoms with van der Waals surface area (Å²) in [7, 11) is 0. The maximum atomic E-state index is 13.4. The van der Waals surface area contributed by atoms with E-state index in [4.69, 9.17) is 9.47 Å². The van der Waals surface area contributed by atoms with Gasteiger partial charge in [-0.3, -0.25) is 4.79 Å². The minimum absolute atomic E-state index is 0.0502. The maximum absolute atomic E-state index is 13.4. The molecule has 0 saturated heterocycles. The van der Waals surface area contributed by atoms with Crippen LogP contribution in [0.25, 0.3) is 0 Å². The Morgan fingerprint density at radius 2 is 1.66 bits per heavy atom. The van der Waals surface area contributed by atoms with Crippen LogP contribution in [0.1, 0.15) is 57.6 Å².